The quantitative estimate of drug-likeness (QED) is 0.791. The number of carbonyl (C=O) groups is 2. The smallest absolute Gasteiger partial charge is 0.322 e. The van der Waals surface area contributed by atoms with E-state index in [1.807, 2.05) is 81.6 Å². The van der Waals surface area contributed by atoms with E-state index in [2.05, 4.69) is 0 Å². The van der Waals surface area contributed by atoms with Crippen molar-refractivity contribution in [2.24, 2.45) is 0 Å². The number of rotatable bonds is 4. The molecule has 0 N–H and O–H groups in total. The summed E-state index contributed by atoms with van der Waals surface area (Å²) in [7, 11) is 1.83. The summed E-state index contributed by atoms with van der Waals surface area (Å²) in [6.45, 7) is 4.64. The van der Waals surface area contributed by atoms with E-state index in [4.69, 9.17) is 4.79 Å². The van der Waals surface area contributed by atoms with Crippen molar-refractivity contribution in [3.05, 3.63) is 65.7 Å². The Morgan fingerprint density at radius 1 is 1.04 bits per heavy atom. The van der Waals surface area contributed by atoms with Crippen LogP contribution < -0.4 is 4.31 Å². The van der Waals surface area contributed by atoms with E-state index in [9.17, 15) is 4.79 Å². The second-order valence-corrected chi connectivity index (χ2v) is 5.67. The van der Waals surface area contributed by atoms with Crippen LogP contribution in [0.15, 0.2) is 54.6 Å². The standard InChI is InChI=1S/C17H20N2OS.CH2O/c1-14-9-11-16(12-10-14)19(21-3)17(20)18(2)13-15-7-5-4-6-8-15;1-2/h4-12H,13H2,1-3H3;1H2. The highest BCUT2D eigenvalue weighted by Crippen LogP contribution is 2.23. The summed E-state index contributed by atoms with van der Waals surface area (Å²) >= 11 is 1.42. The Balaban J connectivity index is 0.00000127. The van der Waals surface area contributed by atoms with Gasteiger partial charge in [-0.3, -0.25) is 0 Å². The molecule has 0 aliphatic rings. The minimum Gasteiger partial charge on any atom is -0.322 e. The van der Waals surface area contributed by atoms with Gasteiger partial charge in [0.15, 0.2) is 0 Å². The van der Waals surface area contributed by atoms with Crippen LogP contribution in [0.5, 0.6) is 0 Å². The van der Waals surface area contributed by atoms with E-state index in [-0.39, 0.29) is 6.03 Å². The van der Waals surface area contributed by atoms with Crippen molar-refractivity contribution < 1.29 is 9.59 Å². The molecule has 0 heterocycles. The zero-order valence-corrected chi connectivity index (χ0v) is 14.5. The Morgan fingerprint density at radius 2 is 1.61 bits per heavy atom. The number of benzene rings is 2. The lowest BCUT2D eigenvalue weighted by atomic mass is 10.2. The van der Waals surface area contributed by atoms with Gasteiger partial charge in [-0.25, -0.2) is 9.10 Å². The summed E-state index contributed by atoms with van der Waals surface area (Å²) in [5, 5.41) is 0. The van der Waals surface area contributed by atoms with E-state index in [0.717, 1.165) is 11.3 Å². The van der Waals surface area contributed by atoms with Crippen LogP contribution in [-0.4, -0.2) is 31.0 Å². The van der Waals surface area contributed by atoms with Gasteiger partial charge in [-0.1, -0.05) is 48.0 Å². The zero-order chi connectivity index (χ0) is 17.2. The van der Waals surface area contributed by atoms with Crippen LogP contribution in [-0.2, 0) is 11.3 Å². The molecule has 2 amide bonds. The lowest BCUT2D eigenvalue weighted by Gasteiger charge is -2.26. The molecule has 0 spiro atoms. The third kappa shape index (κ3) is 5.45. The molecule has 0 aliphatic heterocycles. The lowest BCUT2D eigenvalue weighted by Crippen LogP contribution is -2.36. The molecule has 122 valence electrons. The van der Waals surface area contributed by atoms with Crippen LogP contribution >= 0.6 is 11.9 Å². The lowest BCUT2D eigenvalue weighted by molar-refractivity contribution is -0.0979. The van der Waals surface area contributed by atoms with Gasteiger partial charge < -0.3 is 9.69 Å². The topological polar surface area (TPSA) is 40.6 Å². The van der Waals surface area contributed by atoms with E-state index < -0.39 is 0 Å². The van der Waals surface area contributed by atoms with Gasteiger partial charge in [-0.15, -0.1) is 0 Å². The molecule has 5 heteroatoms. The monoisotopic (exact) mass is 330 g/mol. The predicted molar refractivity (Wildman–Crippen MR) is 97.6 cm³/mol. The van der Waals surface area contributed by atoms with Crippen LogP contribution in [0.1, 0.15) is 11.1 Å². The first-order valence-corrected chi connectivity index (χ1v) is 8.29. The molecule has 0 aliphatic carbocycles. The van der Waals surface area contributed by atoms with E-state index in [0.29, 0.717) is 6.54 Å². The Morgan fingerprint density at radius 3 is 2.13 bits per heavy atom. The Labute approximate surface area is 142 Å². The number of aryl methyl sites for hydroxylation is 1. The van der Waals surface area contributed by atoms with Crippen molar-refractivity contribution in [2.75, 3.05) is 17.6 Å². The van der Waals surface area contributed by atoms with Gasteiger partial charge in [-0.2, -0.15) is 0 Å². The van der Waals surface area contributed by atoms with Gasteiger partial charge in [0, 0.05) is 19.8 Å². The first-order chi connectivity index (χ1) is 11.1. The highest BCUT2D eigenvalue weighted by molar-refractivity contribution is 8.00. The van der Waals surface area contributed by atoms with Crippen molar-refractivity contribution in [3.8, 4) is 0 Å². The fourth-order valence-corrected chi connectivity index (χ4v) is 2.68. The number of nitrogens with zero attached hydrogens (tertiary/aromatic N) is 2. The Bertz CT molecular complexity index is 602. The Hall–Kier alpha value is -2.27. The van der Waals surface area contributed by atoms with Crippen LogP contribution in [0.2, 0.25) is 0 Å². The highest BCUT2D eigenvalue weighted by atomic mass is 32.2. The summed E-state index contributed by atoms with van der Waals surface area (Å²) in [5.41, 5.74) is 3.21. The zero-order valence-electron chi connectivity index (χ0n) is 13.7. The molecule has 0 bridgehead atoms. The van der Waals surface area contributed by atoms with E-state index in [1.54, 1.807) is 9.21 Å². The molecule has 0 atom stereocenters. The fourth-order valence-electron chi connectivity index (χ4n) is 2.05. The molecule has 0 fully saturated rings. The summed E-state index contributed by atoms with van der Waals surface area (Å²) in [6, 6.07) is 18.0. The third-order valence-corrected chi connectivity index (χ3v) is 3.95. The summed E-state index contributed by atoms with van der Waals surface area (Å²) < 4.78 is 1.71. The molecule has 2 aromatic rings. The van der Waals surface area contributed by atoms with Crippen LogP contribution in [0.3, 0.4) is 0 Å². The minimum atomic E-state index is -0.0183. The number of hydrogen-bond acceptors (Lipinski definition) is 3. The van der Waals surface area contributed by atoms with Crippen molar-refractivity contribution in [1.82, 2.24) is 4.90 Å². The molecule has 2 rings (SSSR count). The highest BCUT2D eigenvalue weighted by Gasteiger charge is 2.19. The maximum Gasteiger partial charge on any atom is 0.334 e. The predicted octanol–water partition coefficient (Wildman–Crippen LogP) is 4.15. The largest absolute Gasteiger partial charge is 0.334 e. The van der Waals surface area contributed by atoms with Crippen molar-refractivity contribution >= 4 is 30.5 Å². The summed E-state index contributed by atoms with van der Waals surface area (Å²) in [6.07, 6.45) is 1.91. The van der Waals surface area contributed by atoms with Gasteiger partial charge in [0.05, 0.1) is 5.69 Å². The van der Waals surface area contributed by atoms with Crippen molar-refractivity contribution in [3.63, 3.8) is 0 Å². The molecule has 0 unspecified atom stereocenters. The normalized spacial score (nSPS) is 9.52. The van der Waals surface area contributed by atoms with Gasteiger partial charge in [0.1, 0.15) is 6.79 Å². The second kappa shape index (κ2) is 9.69. The molecule has 0 saturated heterocycles. The average Bonchev–Trinajstić information content (AvgIpc) is 2.59. The van der Waals surface area contributed by atoms with Gasteiger partial charge in [0.2, 0.25) is 0 Å². The van der Waals surface area contributed by atoms with Crippen molar-refractivity contribution in [1.29, 1.82) is 0 Å². The van der Waals surface area contributed by atoms with Gasteiger partial charge >= 0.3 is 6.03 Å². The number of amides is 2. The number of carbonyl (C=O) groups excluding carboxylic acids is 2. The fraction of sp³-hybridized carbons (Fsp3) is 0.222. The Kier molecular flexibility index (Phi) is 7.91. The number of urea groups is 1. The maximum atomic E-state index is 12.6. The van der Waals surface area contributed by atoms with E-state index >= 15 is 0 Å². The van der Waals surface area contributed by atoms with Gasteiger partial charge in [-0.05, 0) is 36.6 Å². The molecule has 2 aromatic carbocycles. The minimum absolute atomic E-state index is 0.0183. The average molecular weight is 330 g/mol. The molecule has 0 saturated carbocycles. The van der Waals surface area contributed by atoms with Crippen LogP contribution in [0, 0.1) is 6.92 Å². The summed E-state index contributed by atoms with van der Waals surface area (Å²) in [5.74, 6) is 0. The first-order valence-electron chi connectivity index (χ1n) is 7.10. The molecular weight excluding hydrogens is 308 g/mol. The maximum absolute atomic E-state index is 12.6. The SMILES string of the molecule is C=O.CSN(C(=O)N(C)Cc1ccccc1)c1ccc(C)cc1. The molecular formula is C18H22N2O2S. The van der Waals surface area contributed by atoms with Gasteiger partial charge in [0.25, 0.3) is 0 Å². The second-order valence-electron chi connectivity index (χ2n) is 4.94. The first kappa shape index (κ1) is 18.8. The molecule has 4 nitrogen and oxygen atoms in total. The van der Waals surface area contributed by atoms with Crippen LogP contribution in [0.4, 0.5) is 10.5 Å². The molecule has 0 radical (unpaired) electrons. The summed E-state index contributed by atoms with van der Waals surface area (Å²) in [4.78, 5) is 22.3. The number of anilines is 1. The molecule has 23 heavy (non-hydrogen) atoms. The molecule has 0 aromatic heterocycles. The van der Waals surface area contributed by atoms with Crippen LogP contribution in [0.25, 0.3) is 0 Å². The number of hydrogen-bond donors (Lipinski definition) is 0. The van der Waals surface area contributed by atoms with Crippen molar-refractivity contribution in [2.45, 2.75) is 13.5 Å². The third-order valence-electron chi connectivity index (χ3n) is 3.21. The van der Waals surface area contributed by atoms with E-state index in [1.165, 1.54) is 17.5 Å².